The fraction of sp³-hybridized carbons (Fsp3) is 0.333. The van der Waals surface area contributed by atoms with Gasteiger partial charge in [-0.1, -0.05) is 12.1 Å². The van der Waals surface area contributed by atoms with E-state index < -0.39 is 0 Å². The normalized spacial score (nSPS) is 19.9. The van der Waals surface area contributed by atoms with Gasteiger partial charge in [-0.05, 0) is 37.5 Å². The zero-order chi connectivity index (χ0) is 15.8. The van der Waals surface area contributed by atoms with Gasteiger partial charge in [0.05, 0.1) is 16.9 Å². The van der Waals surface area contributed by atoms with E-state index in [0.717, 1.165) is 24.3 Å². The van der Waals surface area contributed by atoms with Gasteiger partial charge in [-0.15, -0.1) is 0 Å². The topological polar surface area (TPSA) is 56.4 Å². The lowest BCUT2D eigenvalue weighted by molar-refractivity contribution is 0.0982. The maximum Gasteiger partial charge on any atom is 0.259 e. The summed E-state index contributed by atoms with van der Waals surface area (Å²) < 4.78 is 0. The molecule has 1 N–H and O–H groups in total. The Bertz CT molecular complexity index is 778. The standard InChI is InChI=1S/C18H19N3O2/c22-17-9-8-13(11-19-17)18(23)21-12-14-5-3-4-10-20(14)15-6-1-2-7-16(15)21/h1-2,6-9,11,14H,3-5,10,12H2,(H,19,22). The van der Waals surface area contributed by atoms with Crippen LogP contribution in [0.15, 0.2) is 47.4 Å². The molecule has 5 heteroatoms. The molecule has 3 heterocycles. The molecule has 0 saturated carbocycles. The third kappa shape index (κ3) is 2.42. The van der Waals surface area contributed by atoms with Crippen molar-refractivity contribution in [3.63, 3.8) is 0 Å². The van der Waals surface area contributed by atoms with Crippen LogP contribution in [0, 0.1) is 0 Å². The van der Waals surface area contributed by atoms with Crippen LogP contribution in [-0.4, -0.2) is 30.0 Å². The SMILES string of the molecule is O=C(c1ccc(=O)[nH]c1)N1CC2CCCCN2c2ccccc21. The summed E-state index contributed by atoms with van der Waals surface area (Å²) in [5.41, 5.74) is 2.42. The van der Waals surface area contributed by atoms with Crippen LogP contribution in [0.3, 0.4) is 0 Å². The summed E-state index contributed by atoms with van der Waals surface area (Å²) in [5, 5.41) is 0. The molecule has 1 saturated heterocycles. The highest BCUT2D eigenvalue weighted by Gasteiger charge is 2.35. The molecule has 5 nitrogen and oxygen atoms in total. The Morgan fingerprint density at radius 2 is 1.91 bits per heavy atom. The average molecular weight is 309 g/mol. The summed E-state index contributed by atoms with van der Waals surface area (Å²) >= 11 is 0. The van der Waals surface area contributed by atoms with Crippen molar-refractivity contribution in [2.45, 2.75) is 25.3 Å². The highest BCUT2D eigenvalue weighted by Crippen LogP contribution is 2.38. The van der Waals surface area contributed by atoms with Crippen LogP contribution in [0.25, 0.3) is 0 Å². The number of nitrogens with one attached hydrogen (secondary N) is 1. The van der Waals surface area contributed by atoms with Crippen LogP contribution >= 0.6 is 0 Å². The maximum atomic E-state index is 12.9. The van der Waals surface area contributed by atoms with Gasteiger partial charge >= 0.3 is 0 Å². The van der Waals surface area contributed by atoms with Crippen molar-refractivity contribution in [1.82, 2.24) is 4.98 Å². The lowest BCUT2D eigenvalue weighted by Gasteiger charge is -2.46. The van der Waals surface area contributed by atoms with Crippen molar-refractivity contribution in [2.24, 2.45) is 0 Å². The van der Waals surface area contributed by atoms with E-state index in [9.17, 15) is 9.59 Å². The van der Waals surface area contributed by atoms with Crippen molar-refractivity contribution in [1.29, 1.82) is 0 Å². The number of hydrogen-bond acceptors (Lipinski definition) is 3. The monoisotopic (exact) mass is 309 g/mol. The van der Waals surface area contributed by atoms with E-state index in [1.165, 1.54) is 25.1 Å². The van der Waals surface area contributed by atoms with E-state index in [-0.39, 0.29) is 11.5 Å². The van der Waals surface area contributed by atoms with Crippen molar-refractivity contribution < 1.29 is 4.79 Å². The first-order valence-corrected chi connectivity index (χ1v) is 8.10. The first-order valence-electron chi connectivity index (χ1n) is 8.10. The minimum absolute atomic E-state index is 0.0566. The van der Waals surface area contributed by atoms with Gasteiger partial charge in [0.2, 0.25) is 5.56 Å². The number of pyridine rings is 1. The number of rotatable bonds is 1. The van der Waals surface area contributed by atoms with Crippen molar-refractivity contribution in [3.05, 3.63) is 58.5 Å². The quantitative estimate of drug-likeness (QED) is 0.880. The number of anilines is 2. The minimum Gasteiger partial charge on any atom is -0.365 e. The summed E-state index contributed by atoms with van der Waals surface area (Å²) in [7, 11) is 0. The maximum absolute atomic E-state index is 12.9. The molecule has 2 aliphatic rings. The zero-order valence-electron chi connectivity index (χ0n) is 12.9. The van der Waals surface area contributed by atoms with Gasteiger partial charge in [-0.2, -0.15) is 0 Å². The number of hydrogen-bond donors (Lipinski definition) is 1. The highest BCUT2D eigenvalue weighted by atomic mass is 16.2. The average Bonchev–Trinajstić information content (AvgIpc) is 2.61. The van der Waals surface area contributed by atoms with Gasteiger partial charge in [0.15, 0.2) is 0 Å². The zero-order valence-corrected chi connectivity index (χ0v) is 12.9. The number of fused-ring (bicyclic) bond motifs is 3. The fourth-order valence-electron chi connectivity index (χ4n) is 3.64. The predicted octanol–water partition coefficient (Wildman–Crippen LogP) is 2.39. The Morgan fingerprint density at radius 1 is 1.09 bits per heavy atom. The van der Waals surface area contributed by atoms with Crippen LogP contribution in [0.4, 0.5) is 11.4 Å². The van der Waals surface area contributed by atoms with E-state index in [4.69, 9.17) is 0 Å². The van der Waals surface area contributed by atoms with Crippen molar-refractivity contribution in [3.8, 4) is 0 Å². The summed E-state index contributed by atoms with van der Waals surface area (Å²) in [6.07, 6.45) is 5.03. The molecule has 1 atom stereocenters. The second-order valence-corrected chi connectivity index (χ2v) is 6.19. The second kappa shape index (κ2) is 5.57. The number of piperidine rings is 1. The van der Waals surface area contributed by atoms with Gasteiger partial charge in [-0.3, -0.25) is 9.59 Å². The number of aromatic amines is 1. The largest absolute Gasteiger partial charge is 0.365 e. The molecule has 1 amide bonds. The molecule has 1 unspecified atom stereocenters. The van der Waals surface area contributed by atoms with Crippen molar-refractivity contribution in [2.75, 3.05) is 22.9 Å². The molecular formula is C18H19N3O2. The fourth-order valence-corrected chi connectivity index (χ4v) is 3.64. The third-order valence-electron chi connectivity index (χ3n) is 4.78. The molecule has 23 heavy (non-hydrogen) atoms. The number of benzene rings is 1. The van der Waals surface area contributed by atoms with Gasteiger partial charge in [0.1, 0.15) is 0 Å². The molecule has 0 radical (unpaired) electrons. The first kappa shape index (κ1) is 14.1. The summed E-state index contributed by atoms with van der Waals surface area (Å²) in [4.78, 5) is 31.0. The third-order valence-corrected chi connectivity index (χ3v) is 4.78. The van der Waals surface area contributed by atoms with E-state index in [1.54, 1.807) is 6.07 Å². The number of nitrogens with zero attached hydrogens (tertiary/aromatic N) is 2. The van der Waals surface area contributed by atoms with E-state index >= 15 is 0 Å². The van der Waals surface area contributed by atoms with E-state index in [0.29, 0.717) is 18.2 Å². The van der Waals surface area contributed by atoms with Crippen LogP contribution in [0.5, 0.6) is 0 Å². The highest BCUT2D eigenvalue weighted by molar-refractivity contribution is 6.08. The number of carbonyl (C=O) groups is 1. The Kier molecular flexibility index (Phi) is 3.41. The molecule has 0 bridgehead atoms. The molecule has 0 spiro atoms. The molecule has 2 aliphatic heterocycles. The molecule has 1 aromatic heterocycles. The second-order valence-electron chi connectivity index (χ2n) is 6.19. The van der Waals surface area contributed by atoms with Crippen molar-refractivity contribution >= 4 is 17.3 Å². The summed E-state index contributed by atoms with van der Waals surface area (Å²) in [6.45, 7) is 1.76. The number of aromatic nitrogens is 1. The molecule has 118 valence electrons. The number of amides is 1. The molecule has 1 fully saturated rings. The summed E-state index contributed by atoms with van der Waals surface area (Å²) in [6, 6.07) is 11.5. The van der Waals surface area contributed by atoms with Crippen LogP contribution in [0.1, 0.15) is 29.6 Å². The molecule has 4 rings (SSSR count). The van der Waals surface area contributed by atoms with E-state index in [2.05, 4.69) is 16.0 Å². The van der Waals surface area contributed by atoms with Crippen LogP contribution in [0.2, 0.25) is 0 Å². The molecular weight excluding hydrogens is 290 g/mol. The minimum atomic E-state index is -0.195. The van der Waals surface area contributed by atoms with Gasteiger partial charge in [0.25, 0.3) is 5.91 Å². The Balaban J connectivity index is 1.74. The van der Waals surface area contributed by atoms with Gasteiger partial charge in [0, 0.05) is 31.4 Å². The van der Waals surface area contributed by atoms with Gasteiger partial charge in [-0.25, -0.2) is 0 Å². The van der Waals surface area contributed by atoms with Gasteiger partial charge < -0.3 is 14.8 Å². The number of para-hydroxylation sites is 2. The predicted molar refractivity (Wildman–Crippen MR) is 90.2 cm³/mol. The lowest BCUT2D eigenvalue weighted by Crippen LogP contribution is -2.53. The number of H-pyrrole nitrogens is 1. The van der Waals surface area contributed by atoms with Crippen LogP contribution < -0.4 is 15.4 Å². The molecule has 2 aromatic rings. The smallest absolute Gasteiger partial charge is 0.259 e. The Labute approximate surface area is 134 Å². The Hall–Kier alpha value is -2.56. The summed E-state index contributed by atoms with van der Waals surface area (Å²) in [5.74, 6) is -0.0566. The molecule has 1 aromatic carbocycles. The van der Waals surface area contributed by atoms with Crippen LogP contribution in [-0.2, 0) is 0 Å². The van der Waals surface area contributed by atoms with E-state index in [1.807, 2.05) is 23.1 Å². The first-order chi connectivity index (χ1) is 11.2. The lowest BCUT2D eigenvalue weighted by atomic mass is 9.96. The number of carbonyl (C=O) groups excluding carboxylic acids is 1. The molecule has 0 aliphatic carbocycles. The Morgan fingerprint density at radius 3 is 2.70 bits per heavy atom.